The Kier molecular flexibility index (Phi) is 5.88. The number of methoxy groups -OCH3 is 1. The number of anilines is 1. The summed E-state index contributed by atoms with van der Waals surface area (Å²) in [5.41, 5.74) is 7.82. The molecule has 1 saturated heterocycles. The van der Waals surface area contributed by atoms with Crippen LogP contribution in [0.25, 0.3) is 11.0 Å². The van der Waals surface area contributed by atoms with Crippen molar-refractivity contribution in [3.05, 3.63) is 24.4 Å². The van der Waals surface area contributed by atoms with Crippen LogP contribution in [0.1, 0.15) is 27.2 Å². The van der Waals surface area contributed by atoms with E-state index in [1.54, 1.807) is 24.3 Å². The van der Waals surface area contributed by atoms with E-state index in [-0.39, 0.29) is 12.1 Å². The molecule has 0 radical (unpaired) electrons. The van der Waals surface area contributed by atoms with Crippen LogP contribution in [0.2, 0.25) is 0 Å². The molecule has 2 N–H and O–H groups in total. The van der Waals surface area contributed by atoms with E-state index in [1.165, 1.54) is 0 Å². The highest BCUT2D eigenvalue weighted by Gasteiger charge is 2.33. The normalized spacial score (nSPS) is 17.0. The minimum Gasteiger partial charge on any atom is -0.481 e. The first kappa shape index (κ1) is 20.1. The molecule has 3 heterocycles. The van der Waals surface area contributed by atoms with Crippen LogP contribution >= 0.6 is 0 Å². The summed E-state index contributed by atoms with van der Waals surface area (Å²) in [5.74, 6) is 0.552. The molecular weight excluding hydrogens is 358 g/mol. The van der Waals surface area contributed by atoms with Gasteiger partial charge in [-0.3, -0.25) is 4.98 Å². The lowest BCUT2D eigenvalue weighted by molar-refractivity contribution is 0.0185. The Bertz CT molecular complexity index is 836. The van der Waals surface area contributed by atoms with Crippen molar-refractivity contribution in [1.29, 1.82) is 0 Å². The molecule has 0 saturated carbocycles. The average Bonchev–Trinajstić information content (AvgIpc) is 3.13. The van der Waals surface area contributed by atoms with Gasteiger partial charge in [0.05, 0.1) is 24.4 Å². The third kappa shape index (κ3) is 4.44. The maximum atomic E-state index is 12.7. The number of pyridine rings is 2. The van der Waals surface area contributed by atoms with E-state index in [4.69, 9.17) is 15.2 Å². The lowest BCUT2D eigenvalue weighted by Crippen LogP contribution is -2.46. The third-order valence-corrected chi connectivity index (χ3v) is 4.69. The van der Waals surface area contributed by atoms with Crippen molar-refractivity contribution < 1.29 is 14.3 Å². The molecule has 0 aliphatic carbocycles. The van der Waals surface area contributed by atoms with Crippen molar-refractivity contribution in [2.24, 2.45) is 5.73 Å². The van der Waals surface area contributed by atoms with Crippen molar-refractivity contribution in [3.8, 4) is 5.88 Å². The topological polar surface area (TPSA) is 93.8 Å². The Hall–Kier alpha value is -2.61. The van der Waals surface area contributed by atoms with Gasteiger partial charge in [-0.1, -0.05) is 0 Å². The molecule has 8 heteroatoms. The Morgan fingerprint density at radius 1 is 1.36 bits per heavy atom. The molecule has 1 aliphatic rings. The maximum absolute atomic E-state index is 12.7. The van der Waals surface area contributed by atoms with E-state index in [0.29, 0.717) is 25.5 Å². The second-order valence-electron chi connectivity index (χ2n) is 7.90. The Labute approximate surface area is 165 Å². The SMILES string of the molecule is COc1ccc2nccc(N3CCC(N(CCN)C(=O)OC(C)(C)C)C3)c2n1. The van der Waals surface area contributed by atoms with Gasteiger partial charge in [0, 0.05) is 38.4 Å². The number of rotatable bonds is 5. The number of ether oxygens (including phenoxy) is 2. The van der Waals surface area contributed by atoms with Gasteiger partial charge in [0.25, 0.3) is 0 Å². The van der Waals surface area contributed by atoms with Crippen molar-refractivity contribution >= 4 is 22.8 Å². The molecule has 3 rings (SSSR count). The van der Waals surface area contributed by atoms with Gasteiger partial charge < -0.3 is 25.0 Å². The number of hydrogen-bond donors (Lipinski definition) is 1. The van der Waals surface area contributed by atoms with Crippen LogP contribution in [-0.2, 0) is 4.74 Å². The molecule has 1 amide bonds. The van der Waals surface area contributed by atoms with E-state index in [9.17, 15) is 4.79 Å². The van der Waals surface area contributed by atoms with Gasteiger partial charge in [0.2, 0.25) is 5.88 Å². The first-order valence-electron chi connectivity index (χ1n) is 9.57. The average molecular weight is 387 g/mol. The molecule has 1 unspecified atom stereocenters. The zero-order chi connectivity index (χ0) is 20.3. The molecule has 1 atom stereocenters. The van der Waals surface area contributed by atoms with Crippen molar-refractivity contribution in [3.63, 3.8) is 0 Å². The Morgan fingerprint density at radius 2 is 2.14 bits per heavy atom. The quantitative estimate of drug-likeness (QED) is 0.842. The molecule has 2 aromatic rings. The molecule has 2 aromatic heterocycles. The number of carbonyl (C=O) groups excluding carboxylic acids is 1. The van der Waals surface area contributed by atoms with Crippen LogP contribution in [0.5, 0.6) is 5.88 Å². The summed E-state index contributed by atoms with van der Waals surface area (Å²) in [7, 11) is 1.60. The first-order chi connectivity index (χ1) is 13.3. The van der Waals surface area contributed by atoms with Crippen molar-refractivity contribution in [2.45, 2.75) is 38.8 Å². The third-order valence-electron chi connectivity index (χ3n) is 4.69. The molecule has 1 fully saturated rings. The highest BCUT2D eigenvalue weighted by Crippen LogP contribution is 2.30. The van der Waals surface area contributed by atoms with Crippen LogP contribution < -0.4 is 15.4 Å². The first-order valence-corrected chi connectivity index (χ1v) is 9.57. The number of hydrogen-bond acceptors (Lipinski definition) is 7. The van der Waals surface area contributed by atoms with Crippen LogP contribution in [0.4, 0.5) is 10.5 Å². The Morgan fingerprint density at radius 3 is 2.82 bits per heavy atom. The summed E-state index contributed by atoms with van der Waals surface area (Å²) in [4.78, 5) is 25.6. The number of nitrogens with two attached hydrogens (primary N) is 1. The largest absolute Gasteiger partial charge is 0.481 e. The van der Waals surface area contributed by atoms with E-state index in [1.807, 2.05) is 32.9 Å². The van der Waals surface area contributed by atoms with Crippen LogP contribution in [0, 0.1) is 0 Å². The maximum Gasteiger partial charge on any atom is 0.410 e. The van der Waals surface area contributed by atoms with Crippen LogP contribution in [0.15, 0.2) is 24.4 Å². The lowest BCUT2D eigenvalue weighted by Gasteiger charge is -2.31. The van der Waals surface area contributed by atoms with Crippen LogP contribution in [-0.4, -0.2) is 65.9 Å². The molecule has 8 nitrogen and oxygen atoms in total. The number of amides is 1. The predicted molar refractivity (Wildman–Crippen MR) is 109 cm³/mol. The van der Waals surface area contributed by atoms with Crippen molar-refractivity contribution in [2.75, 3.05) is 38.2 Å². The summed E-state index contributed by atoms with van der Waals surface area (Å²) in [6.07, 6.45) is 2.31. The van der Waals surface area contributed by atoms with Gasteiger partial charge in [-0.2, -0.15) is 0 Å². The predicted octanol–water partition coefficient (Wildman–Crippen LogP) is 2.41. The highest BCUT2D eigenvalue weighted by molar-refractivity contribution is 5.88. The molecule has 152 valence electrons. The smallest absolute Gasteiger partial charge is 0.410 e. The number of aromatic nitrogens is 2. The summed E-state index contributed by atoms with van der Waals surface area (Å²) in [6.45, 7) is 7.98. The highest BCUT2D eigenvalue weighted by atomic mass is 16.6. The van der Waals surface area contributed by atoms with E-state index >= 15 is 0 Å². The molecular formula is C20H29N5O3. The zero-order valence-corrected chi connectivity index (χ0v) is 17.0. The molecule has 0 spiro atoms. The van der Waals surface area contributed by atoms with Gasteiger partial charge in [0.1, 0.15) is 11.1 Å². The summed E-state index contributed by atoms with van der Waals surface area (Å²) in [5, 5.41) is 0. The lowest BCUT2D eigenvalue weighted by atomic mass is 10.2. The standard InChI is InChI=1S/C20H29N5O3/c1-20(2,3)28-19(26)25(12-9-21)14-8-11-24(13-14)16-7-10-22-15-5-6-17(27-4)23-18(15)16/h5-7,10,14H,8-9,11-13,21H2,1-4H3. The Balaban J connectivity index is 1.82. The summed E-state index contributed by atoms with van der Waals surface area (Å²) >= 11 is 0. The molecule has 0 aromatic carbocycles. The molecule has 28 heavy (non-hydrogen) atoms. The van der Waals surface area contributed by atoms with E-state index in [2.05, 4.69) is 14.9 Å². The minimum absolute atomic E-state index is 0.0345. The van der Waals surface area contributed by atoms with E-state index < -0.39 is 5.60 Å². The fraction of sp³-hybridized carbons (Fsp3) is 0.550. The second-order valence-corrected chi connectivity index (χ2v) is 7.90. The fourth-order valence-corrected chi connectivity index (χ4v) is 3.46. The second kappa shape index (κ2) is 8.18. The van der Waals surface area contributed by atoms with E-state index in [0.717, 1.165) is 29.7 Å². The summed E-state index contributed by atoms with van der Waals surface area (Å²) < 4.78 is 10.8. The van der Waals surface area contributed by atoms with Gasteiger partial charge in [-0.25, -0.2) is 9.78 Å². The van der Waals surface area contributed by atoms with Crippen LogP contribution in [0.3, 0.4) is 0 Å². The van der Waals surface area contributed by atoms with Gasteiger partial charge in [-0.05, 0) is 39.3 Å². The van der Waals surface area contributed by atoms with Gasteiger partial charge >= 0.3 is 6.09 Å². The molecule has 1 aliphatic heterocycles. The number of carbonyl (C=O) groups is 1. The number of nitrogens with zero attached hydrogens (tertiary/aromatic N) is 4. The molecule has 0 bridgehead atoms. The fourth-order valence-electron chi connectivity index (χ4n) is 3.46. The van der Waals surface area contributed by atoms with Gasteiger partial charge in [-0.15, -0.1) is 0 Å². The monoisotopic (exact) mass is 387 g/mol. The summed E-state index contributed by atoms with van der Waals surface area (Å²) in [6, 6.07) is 5.70. The number of fused-ring (bicyclic) bond motifs is 1. The minimum atomic E-state index is -0.538. The van der Waals surface area contributed by atoms with Crippen molar-refractivity contribution in [1.82, 2.24) is 14.9 Å². The van der Waals surface area contributed by atoms with Gasteiger partial charge in [0.15, 0.2) is 0 Å². The zero-order valence-electron chi connectivity index (χ0n) is 17.0.